The smallest absolute Gasteiger partial charge is 0.0961 e. The number of aromatic amines is 1. The molecule has 0 saturated carbocycles. The lowest BCUT2D eigenvalue weighted by Gasteiger charge is -1.80. The van der Waals surface area contributed by atoms with Crippen LogP contribution in [-0.4, -0.2) is 9.97 Å². The van der Waals surface area contributed by atoms with E-state index in [9.17, 15) is 0 Å². The molecular weight excluding hydrogens is 112 g/mol. The van der Waals surface area contributed by atoms with E-state index in [1.54, 1.807) is 6.33 Å². The Balaban J connectivity index is 2.95. The van der Waals surface area contributed by atoms with Crippen LogP contribution in [0.15, 0.2) is 24.5 Å². The summed E-state index contributed by atoms with van der Waals surface area (Å²) in [4.78, 5) is 6.98. The molecule has 1 radical (unpaired) electrons. The standard InChI is InChI=1S/C7H5N2/c1-2-4-7-6(3-1)8-5-9-7/h1-3,5H,(H,8,9). The van der Waals surface area contributed by atoms with Crippen LogP contribution in [0.25, 0.3) is 11.0 Å². The lowest BCUT2D eigenvalue weighted by atomic mass is 10.3. The van der Waals surface area contributed by atoms with Crippen molar-refractivity contribution in [1.29, 1.82) is 0 Å². The summed E-state index contributed by atoms with van der Waals surface area (Å²) in [6.45, 7) is 0. The van der Waals surface area contributed by atoms with Gasteiger partial charge in [0.15, 0.2) is 0 Å². The molecule has 2 nitrogen and oxygen atoms in total. The highest BCUT2D eigenvalue weighted by Crippen LogP contribution is 2.04. The maximum absolute atomic E-state index is 4.01. The Morgan fingerprint density at radius 2 is 2.56 bits per heavy atom. The van der Waals surface area contributed by atoms with Crippen molar-refractivity contribution in [3.63, 3.8) is 0 Å². The van der Waals surface area contributed by atoms with Gasteiger partial charge >= 0.3 is 0 Å². The van der Waals surface area contributed by atoms with Crippen molar-refractivity contribution in [2.75, 3.05) is 0 Å². The zero-order valence-corrected chi connectivity index (χ0v) is 4.76. The first kappa shape index (κ1) is 4.56. The van der Waals surface area contributed by atoms with Gasteiger partial charge in [0.25, 0.3) is 0 Å². The van der Waals surface area contributed by atoms with Gasteiger partial charge < -0.3 is 4.98 Å². The maximum Gasteiger partial charge on any atom is 0.0961 e. The molecule has 1 aromatic carbocycles. The predicted octanol–water partition coefficient (Wildman–Crippen LogP) is 1.36. The van der Waals surface area contributed by atoms with Crippen molar-refractivity contribution < 1.29 is 0 Å². The lowest BCUT2D eigenvalue weighted by molar-refractivity contribution is 1.34. The summed E-state index contributed by atoms with van der Waals surface area (Å²) in [6, 6.07) is 8.74. The van der Waals surface area contributed by atoms with E-state index >= 15 is 0 Å². The SMILES string of the molecule is [c]1cccc2[nH]cnc12. The van der Waals surface area contributed by atoms with Gasteiger partial charge in [-0.25, -0.2) is 4.98 Å². The molecule has 0 atom stereocenters. The van der Waals surface area contributed by atoms with Crippen LogP contribution in [0.1, 0.15) is 0 Å². The van der Waals surface area contributed by atoms with Crippen LogP contribution < -0.4 is 0 Å². The number of rotatable bonds is 0. The Hall–Kier alpha value is -1.31. The molecule has 2 rings (SSSR count). The predicted molar refractivity (Wildman–Crippen MR) is 34.9 cm³/mol. The van der Waals surface area contributed by atoms with Gasteiger partial charge in [0, 0.05) is 6.07 Å². The minimum Gasteiger partial charge on any atom is -0.345 e. The average Bonchev–Trinajstić information content (AvgIpc) is 2.33. The van der Waals surface area contributed by atoms with E-state index in [1.165, 1.54) is 0 Å². The van der Waals surface area contributed by atoms with Crippen molar-refractivity contribution in [1.82, 2.24) is 9.97 Å². The lowest BCUT2D eigenvalue weighted by Crippen LogP contribution is -1.64. The molecule has 0 fully saturated rings. The van der Waals surface area contributed by atoms with Crippen molar-refractivity contribution >= 4 is 11.0 Å². The zero-order chi connectivity index (χ0) is 6.10. The van der Waals surface area contributed by atoms with Crippen LogP contribution in [0.4, 0.5) is 0 Å². The fraction of sp³-hybridized carbons (Fsp3) is 0. The number of nitrogens with zero attached hydrogens (tertiary/aromatic N) is 1. The highest BCUT2D eigenvalue weighted by atomic mass is 14.9. The third kappa shape index (κ3) is 0.598. The number of para-hydroxylation sites is 1. The van der Waals surface area contributed by atoms with E-state index in [1.807, 2.05) is 18.2 Å². The van der Waals surface area contributed by atoms with Crippen molar-refractivity contribution in [3.05, 3.63) is 30.6 Å². The molecule has 2 heteroatoms. The molecule has 1 aromatic heterocycles. The molecule has 1 N–H and O–H groups in total. The number of hydrogen-bond donors (Lipinski definition) is 1. The Morgan fingerprint density at radius 1 is 1.56 bits per heavy atom. The van der Waals surface area contributed by atoms with Crippen molar-refractivity contribution in [3.8, 4) is 0 Å². The van der Waals surface area contributed by atoms with Crippen LogP contribution in [0, 0.1) is 6.07 Å². The van der Waals surface area contributed by atoms with Gasteiger partial charge in [-0.1, -0.05) is 12.1 Å². The number of benzene rings is 1. The van der Waals surface area contributed by atoms with E-state index < -0.39 is 0 Å². The second kappa shape index (κ2) is 1.58. The fourth-order valence-corrected chi connectivity index (χ4v) is 0.818. The molecule has 0 aliphatic carbocycles. The average molecular weight is 117 g/mol. The molecule has 43 valence electrons. The highest BCUT2D eigenvalue weighted by Gasteiger charge is 1.89. The van der Waals surface area contributed by atoms with Crippen molar-refractivity contribution in [2.45, 2.75) is 0 Å². The monoisotopic (exact) mass is 117 g/mol. The molecule has 0 aliphatic heterocycles. The van der Waals surface area contributed by atoms with E-state index in [-0.39, 0.29) is 0 Å². The summed E-state index contributed by atoms with van der Waals surface area (Å²) in [5, 5.41) is 0. The molecular formula is C7H5N2. The van der Waals surface area contributed by atoms with Crippen molar-refractivity contribution in [2.24, 2.45) is 0 Å². The minimum atomic E-state index is 0.900. The summed E-state index contributed by atoms with van der Waals surface area (Å²) in [5.74, 6) is 0. The first-order chi connectivity index (χ1) is 4.47. The number of aromatic nitrogens is 2. The number of nitrogens with one attached hydrogen (secondary N) is 1. The molecule has 2 aromatic rings. The highest BCUT2D eigenvalue weighted by molar-refractivity contribution is 5.73. The second-order valence-corrected chi connectivity index (χ2v) is 1.83. The van der Waals surface area contributed by atoms with Crippen LogP contribution in [0.5, 0.6) is 0 Å². The van der Waals surface area contributed by atoms with Gasteiger partial charge in [0.2, 0.25) is 0 Å². The maximum atomic E-state index is 4.01. The Morgan fingerprint density at radius 3 is 3.44 bits per heavy atom. The van der Waals surface area contributed by atoms with Gasteiger partial charge in [0.1, 0.15) is 0 Å². The number of H-pyrrole nitrogens is 1. The van der Waals surface area contributed by atoms with E-state index in [0.717, 1.165) is 11.0 Å². The molecule has 0 unspecified atom stereocenters. The van der Waals surface area contributed by atoms with Crippen LogP contribution in [0.3, 0.4) is 0 Å². The normalized spacial score (nSPS) is 10.2. The molecule has 9 heavy (non-hydrogen) atoms. The van der Waals surface area contributed by atoms with Crippen LogP contribution in [0.2, 0.25) is 0 Å². The molecule has 0 bridgehead atoms. The second-order valence-electron chi connectivity index (χ2n) is 1.83. The van der Waals surface area contributed by atoms with E-state index in [0.29, 0.717) is 0 Å². The van der Waals surface area contributed by atoms with E-state index in [2.05, 4.69) is 16.0 Å². The molecule has 1 heterocycles. The Bertz CT molecular complexity index is 281. The minimum absolute atomic E-state index is 0.900. The Labute approximate surface area is 52.5 Å². The largest absolute Gasteiger partial charge is 0.345 e. The summed E-state index contributed by atoms with van der Waals surface area (Å²) >= 11 is 0. The first-order valence-electron chi connectivity index (χ1n) is 2.76. The molecule has 0 amide bonds. The fourth-order valence-electron chi connectivity index (χ4n) is 0.818. The van der Waals surface area contributed by atoms with Gasteiger partial charge in [-0.2, -0.15) is 0 Å². The van der Waals surface area contributed by atoms with Gasteiger partial charge in [-0.15, -0.1) is 0 Å². The third-order valence-corrected chi connectivity index (χ3v) is 1.25. The Kier molecular flexibility index (Phi) is 0.803. The van der Waals surface area contributed by atoms with E-state index in [4.69, 9.17) is 0 Å². The van der Waals surface area contributed by atoms with Crippen LogP contribution in [-0.2, 0) is 0 Å². The first-order valence-corrected chi connectivity index (χ1v) is 2.76. The number of imidazole rings is 1. The summed E-state index contributed by atoms with van der Waals surface area (Å²) < 4.78 is 0. The summed E-state index contributed by atoms with van der Waals surface area (Å²) in [7, 11) is 0. The molecule has 0 saturated heterocycles. The summed E-state index contributed by atoms with van der Waals surface area (Å²) in [5.41, 5.74) is 1.94. The van der Waals surface area contributed by atoms with Gasteiger partial charge in [-0.05, 0) is 6.07 Å². The quantitative estimate of drug-likeness (QED) is 0.554. The van der Waals surface area contributed by atoms with Gasteiger partial charge in [-0.3, -0.25) is 0 Å². The zero-order valence-electron chi connectivity index (χ0n) is 4.76. The molecule has 0 spiro atoms. The number of hydrogen-bond acceptors (Lipinski definition) is 1. The summed E-state index contributed by atoms with van der Waals surface area (Å²) in [6.07, 6.45) is 1.67. The topological polar surface area (TPSA) is 28.7 Å². The van der Waals surface area contributed by atoms with Gasteiger partial charge in [0.05, 0.1) is 17.4 Å². The number of fused-ring (bicyclic) bond motifs is 1. The van der Waals surface area contributed by atoms with Crippen LogP contribution >= 0.6 is 0 Å². The third-order valence-electron chi connectivity index (χ3n) is 1.25. The molecule has 0 aliphatic rings.